The molecule has 0 bridgehead atoms. The summed E-state index contributed by atoms with van der Waals surface area (Å²) in [6.45, 7) is 1.17. The predicted molar refractivity (Wildman–Crippen MR) is 195 cm³/mol. The van der Waals surface area contributed by atoms with Crippen LogP contribution in [0.5, 0.6) is 11.5 Å². The Kier molecular flexibility index (Phi) is 12.1. The number of methoxy groups -OCH3 is 2. The van der Waals surface area contributed by atoms with Gasteiger partial charge in [-0.15, -0.1) is 0 Å². The molecular formula is C42H50N2O6. The SMILES string of the molecule is COc1ccc2c(OC)c(CN(C(=O)OCc3ccccc3)C3CCCCC3)ccc2c1CN(C(=O)OCc1ccccc1)C1CCCCC1. The number of ether oxygens (including phenoxy) is 4. The van der Waals surface area contributed by atoms with Gasteiger partial charge in [-0.05, 0) is 54.3 Å². The number of carbonyl (C=O) groups is 2. The lowest BCUT2D eigenvalue weighted by atomic mass is 9.93. The fourth-order valence-corrected chi connectivity index (χ4v) is 7.61. The minimum atomic E-state index is -0.319. The lowest BCUT2D eigenvalue weighted by Crippen LogP contribution is -2.41. The third-order valence-electron chi connectivity index (χ3n) is 10.3. The molecule has 2 aliphatic rings. The van der Waals surface area contributed by atoms with Crippen molar-refractivity contribution in [1.82, 2.24) is 9.80 Å². The van der Waals surface area contributed by atoms with Crippen molar-refractivity contribution in [3.8, 4) is 11.5 Å². The molecule has 0 heterocycles. The normalized spacial score (nSPS) is 15.3. The van der Waals surface area contributed by atoms with E-state index in [9.17, 15) is 9.59 Å². The predicted octanol–water partition coefficient (Wildman–Crippen LogP) is 9.80. The molecule has 8 heteroatoms. The minimum absolute atomic E-state index is 0.0825. The zero-order valence-corrected chi connectivity index (χ0v) is 29.5. The van der Waals surface area contributed by atoms with Gasteiger partial charge in [-0.2, -0.15) is 0 Å². The van der Waals surface area contributed by atoms with Gasteiger partial charge in [-0.3, -0.25) is 0 Å². The van der Waals surface area contributed by atoms with Crippen molar-refractivity contribution in [2.24, 2.45) is 0 Å². The lowest BCUT2D eigenvalue weighted by Gasteiger charge is -2.35. The quantitative estimate of drug-likeness (QED) is 0.149. The molecule has 0 unspecified atom stereocenters. The van der Waals surface area contributed by atoms with Crippen LogP contribution in [0.15, 0.2) is 84.9 Å². The summed E-state index contributed by atoms with van der Waals surface area (Å²) in [4.78, 5) is 31.3. The van der Waals surface area contributed by atoms with E-state index in [2.05, 4.69) is 6.07 Å². The Labute approximate surface area is 296 Å². The van der Waals surface area contributed by atoms with Gasteiger partial charge in [0.25, 0.3) is 0 Å². The van der Waals surface area contributed by atoms with E-state index in [0.717, 1.165) is 84.4 Å². The van der Waals surface area contributed by atoms with E-state index in [-0.39, 0.29) is 37.5 Å². The van der Waals surface area contributed by atoms with Crippen molar-refractivity contribution in [3.05, 3.63) is 107 Å². The summed E-state index contributed by atoms with van der Waals surface area (Å²) >= 11 is 0. The summed E-state index contributed by atoms with van der Waals surface area (Å²) in [5.41, 5.74) is 3.73. The number of carbonyl (C=O) groups excluding carboxylic acids is 2. The van der Waals surface area contributed by atoms with Gasteiger partial charge in [-0.25, -0.2) is 9.59 Å². The molecule has 8 nitrogen and oxygen atoms in total. The number of benzene rings is 4. The zero-order valence-electron chi connectivity index (χ0n) is 29.5. The molecule has 0 saturated heterocycles. The Morgan fingerprint density at radius 1 is 0.580 bits per heavy atom. The molecule has 4 aromatic rings. The molecule has 6 rings (SSSR count). The molecule has 2 amide bonds. The van der Waals surface area contributed by atoms with E-state index in [0.29, 0.717) is 24.6 Å². The van der Waals surface area contributed by atoms with E-state index >= 15 is 0 Å². The van der Waals surface area contributed by atoms with Crippen LogP contribution in [0.4, 0.5) is 9.59 Å². The lowest BCUT2D eigenvalue weighted by molar-refractivity contribution is 0.0676. The van der Waals surface area contributed by atoms with Crippen LogP contribution in [0.2, 0.25) is 0 Å². The maximum absolute atomic E-state index is 13.8. The van der Waals surface area contributed by atoms with E-state index in [4.69, 9.17) is 18.9 Å². The van der Waals surface area contributed by atoms with Crippen LogP contribution in [0.1, 0.15) is 86.5 Å². The standard InChI is InChI=1S/C42H50N2O6/c1-47-39-26-25-37-36(38(39)28-44(35-21-13-6-14-22-35)42(46)50-30-32-17-9-4-10-18-32)24-23-33(40(37)48-2)27-43(34-19-11-5-12-20-34)41(45)49-29-31-15-7-3-8-16-31/h3-4,7-10,15-18,23-26,34-35H,5-6,11-14,19-22,27-30H2,1-2H3. The van der Waals surface area contributed by atoms with Gasteiger partial charge in [0.05, 0.1) is 27.3 Å². The third kappa shape index (κ3) is 8.52. The molecule has 2 aliphatic carbocycles. The maximum Gasteiger partial charge on any atom is 0.410 e. The number of hydrogen-bond acceptors (Lipinski definition) is 6. The fraction of sp³-hybridized carbons (Fsp3) is 0.429. The topological polar surface area (TPSA) is 77.5 Å². The highest BCUT2D eigenvalue weighted by molar-refractivity contribution is 5.94. The highest BCUT2D eigenvalue weighted by Crippen LogP contribution is 2.39. The molecule has 4 aromatic carbocycles. The second-order valence-corrected chi connectivity index (χ2v) is 13.5. The van der Waals surface area contributed by atoms with Gasteiger partial charge in [0, 0.05) is 28.6 Å². The highest BCUT2D eigenvalue weighted by Gasteiger charge is 2.31. The first-order chi connectivity index (χ1) is 24.6. The van der Waals surface area contributed by atoms with Gasteiger partial charge in [0.2, 0.25) is 0 Å². The van der Waals surface area contributed by atoms with E-state index in [1.54, 1.807) is 14.2 Å². The number of nitrogens with zero attached hydrogens (tertiary/aromatic N) is 2. The minimum Gasteiger partial charge on any atom is -0.496 e. The largest absolute Gasteiger partial charge is 0.496 e. The molecule has 2 saturated carbocycles. The van der Waals surface area contributed by atoms with Gasteiger partial charge in [0.15, 0.2) is 0 Å². The van der Waals surface area contributed by atoms with Crippen LogP contribution in [-0.4, -0.2) is 48.3 Å². The summed E-state index contributed by atoms with van der Waals surface area (Å²) in [5, 5.41) is 1.85. The molecule has 0 N–H and O–H groups in total. The summed E-state index contributed by atoms with van der Waals surface area (Å²) in [6, 6.07) is 27.9. The second-order valence-electron chi connectivity index (χ2n) is 13.5. The van der Waals surface area contributed by atoms with Gasteiger partial charge < -0.3 is 28.7 Å². The van der Waals surface area contributed by atoms with E-state index in [1.807, 2.05) is 88.7 Å². The molecule has 0 atom stereocenters. The Morgan fingerprint density at radius 3 is 1.58 bits per heavy atom. The molecule has 0 aromatic heterocycles. The van der Waals surface area contributed by atoms with Gasteiger partial charge in [-0.1, -0.05) is 111 Å². The highest BCUT2D eigenvalue weighted by atomic mass is 16.6. The second kappa shape index (κ2) is 17.3. The summed E-state index contributed by atoms with van der Waals surface area (Å²) in [6.07, 6.45) is 9.89. The number of amides is 2. The zero-order chi connectivity index (χ0) is 34.7. The Hall–Kier alpha value is -4.72. The van der Waals surface area contributed by atoms with Crippen molar-refractivity contribution in [1.29, 1.82) is 0 Å². The van der Waals surface area contributed by atoms with Crippen LogP contribution < -0.4 is 9.47 Å². The smallest absolute Gasteiger partial charge is 0.410 e. The van der Waals surface area contributed by atoms with Crippen molar-refractivity contribution in [3.63, 3.8) is 0 Å². The molecule has 50 heavy (non-hydrogen) atoms. The summed E-state index contributed by atoms with van der Waals surface area (Å²) < 4.78 is 23.8. The Morgan fingerprint density at radius 2 is 1.08 bits per heavy atom. The Bertz CT molecular complexity index is 1700. The van der Waals surface area contributed by atoms with Crippen molar-refractivity contribution >= 4 is 23.0 Å². The van der Waals surface area contributed by atoms with Crippen molar-refractivity contribution < 1.29 is 28.5 Å². The molecule has 0 aliphatic heterocycles. The average Bonchev–Trinajstić information content (AvgIpc) is 3.18. The van der Waals surface area contributed by atoms with Gasteiger partial charge in [0.1, 0.15) is 24.7 Å². The van der Waals surface area contributed by atoms with E-state index < -0.39 is 0 Å². The van der Waals surface area contributed by atoms with E-state index in [1.165, 1.54) is 12.8 Å². The van der Waals surface area contributed by atoms with Crippen molar-refractivity contribution in [2.45, 2.75) is 103 Å². The third-order valence-corrected chi connectivity index (χ3v) is 10.3. The number of fused-ring (bicyclic) bond motifs is 1. The van der Waals surface area contributed by atoms with Crippen LogP contribution in [-0.2, 0) is 35.8 Å². The van der Waals surface area contributed by atoms with Crippen LogP contribution >= 0.6 is 0 Å². The fourth-order valence-electron chi connectivity index (χ4n) is 7.61. The number of hydrogen-bond donors (Lipinski definition) is 0. The maximum atomic E-state index is 13.8. The first kappa shape index (κ1) is 35.1. The monoisotopic (exact) mass is 678 g/mol. The molecule has 0 spiro atoms. The molecule has 2 fully saturated rings. The first-order valence-corrected chi connectivity index (χ1v) is 18.2. The summed E-state index contributed by atoms with van der Waals surface area (Å²) in [5.74, 6) is 1.41. The van der Waals surface area contributed by atoms with Crippen molar-refractivity contribution in [2.75, 3.05) is 14.2 Å². The summed E-state index contributed by atoms with van der Waals surface area (Å²) in [7, 11) is 3.34. The first-order valence-electron chi connectivity index (χ1n) is 18.2. The molecule has 0 radical (unpaired) electrons. The van der Waals surface area contributed by atoms with Crippen LogP contribution in [0.25, 0.3) is 10.8 Å². The number of rotatable bonds is 12. The van der Waals surface area contributed by atoms with Crippen LogP contribution in [0, 0.1) is 0 Å². The van der Waals surface area contributed by atoms with Crippen LogP contribution in [0.3, 0.4) is 0 Å². The average molecular weight is 679 g/mol. The Balaban J connectivity index is 1.30. The molecule has 264 valence electrons. The van der Waals surface area contributed by atoms with Gasteiger partial charge >= 0.3 is 12.2 Å². The molecular weight excluding hydrogens is 628 g/mol.